The number of carbonyl (C=O) groups is 1. The van der Waals surface area contributed by atoms with Crippen LogP contribution in [0, 0.1) is 0 Å². The first-order valence-electron chi connectivity index (χ1n) is 6.12. The van der Waals surface area contributed by atoms with Gasteiger partial charge < -0.3 is 16.4 Å². The Morgan fingerprint density at radius 1 is 1.56 bits per heavy atom. The zero-order valence-corrected chi connectivity index (χ0v) is 11.3. The van der Waals surface area contributed by atoms with E-state index in [0.29, 0.717) is 12.2 Å². The van der Waals surface area contributed by atoms with E-state index in [9.17, 15) is 4.79 Å². The van der Waals surface area contributed by atoms with Crippen LogP contribution in [0.3, 0.4) is 0 Å². The van der Waals surface area contributed by atoms with Gasteiger partial charge in [-0.2, -0.15) is 11.8 Å². The molecule has 1 aromatic carbocycles. The van der Waals surface area contributed by atoms with Crippen LogP contribution >= 0.6 is 11.8 Å². The summed E-state index contributed by atoms with van der Waals surface area (Å²) in [6, 6.07) is 7.00. The van der Waals surface area contributed by atoms with Crippen molar-refractivity contribution in [2.45, 2.75) is 24.5 Å². The molecule has 0 aromatic heterocycles. The molecule has 4 nitrogen and oxygen atoms in total. The van der Waals surface area contributed by atoms with Gasteiger partial charge >= 0.3 is 6.03 Å². The lowest BCUT2D eigenvalue weighted by Crippen LogP contribution is -2.39. The number of nitrogens with two attached hydrogens (primary N) is 1. The van der Waals surface area contributed by atoms with Crippen LogP contribution in [-0.2, 0) is 0 Å². The zero-order chi connectivity index (χ0) is 13.0. The molecule has 1 atom stereocenters. The maximum atomic E-state index is 11.8. The maximum Gasteiger partial charge on any atom is 0.319 e. The Morgan fingerprint density at radius 3 is 3.06 bits per heavy atom. The van der Waals surface area contributed by atoms with Crippen LogP contribution in [-0.4, -0.2) is 23.1 Å². The minimum Gasteiger partial charge on any atom is -0.399 e. The molecule has 1 saturated heterocycles. The summed E-state index contributed by atoms with van der Waals surface area (Å²) in [5.41, 5.74) is 7.02. The number of thioether (sulfide) groups is 1. The van der Waals surface area contributed by atoms with Crippen molar-refractivity contribution in [3.8, 4) is 0 Å². The number of nitrogen functional groups attached to an aromatic ring is 1. The molecular weight excluding hydrogens is 246 g/mol. The average molecular weight is 265 g/mol. The first kappa shape index (κ1) is 13.1. The van der Waals surface area contributed by atoms with Gasteiger partial charge in [-0.1, -0.05) is 6.07 Å². The number of rotatable bonds is 3. The van der Waals surface area contributed by atoms with Gasteiger partial charge in [-0.05, 0) is 43.7 Å². The summed E-state index contributed by atoms with van der Waals surface area (Å²) >= 11 is 1.93. The largest absolute Gasteiger partial charge is 0.399 e. The van der Waals surface area contributed by atoms with Crippen molar-refractivity contribution in [1.29, 1.82) is 0 Å². The van der Waals surface area contributed by atoms with E-state index >= 15 is 0 Å². The summed E-state index contributed by atoms with van der Waals surface area (Å²) in [7, 11) is 0. The number of nitrogens with one attached hydrogen (secondary N) is 2. The van der Waals surface area contributed by atoms with Gasteiger partial charge in [-0.3, -0.25) is 0 Å². The predicted octanol–water partition coefficient (Wildman–Crippen LogP) is 2.68. The molecule has 1 aliphatic rings. The highest BCUT2D eigenvalue weighted by atomic mass is 32.2. The van der Waals surface area contributed by atoms with Gasteiger partial charge in [0.2, 0.25) is 0 Å². The Kier molecular flexibility index (Phi) is 4.01. The second-order valence-electron chi connectivity index (χ2n) is 4.84. The Labute approximate surface area is 112 Å². The fourth-order valence-electron chi connectivity index (χ4n) is 2.04. The molecule has 0 radical (unpaired) electrons. The molecule has 1 heterocycles. The van der Waals surface area contributed by atoms with Crippen LogP contribution in [0.2, 0.25) is 0 Å². The summed E-state index contributed by atoms with van der Waals surface area (Å²) in [6.45, 7) is 2.90. The molecule has 1 aliphatic heterocycles. The van der Waals surface area contributed by atoms with E-state index in [-0.39, 0.29) is 10.8 Å². The fourth-order valence-corrected chi connectivity index (χ4v) is 3.28. The van der Waals surface area contributed by atoms with E-state index in [1.54, 1.807) is 12.1 Å². The Hall–Kier alpha value is -1.36. The monoisotopic (exact) mass is 265 g/mol. The van der Waals surface area contributed by atoms with Crippen molar-refractivity contribution in [1.82, 2.24) is 5.32 Å². The lowest BCUT2D eigenvalue weighted by Gasteiger charge is -2.22. The Bertz CT molecular complexity index is 430. The van der Waals surface area contributed by atoms with E-state index in [2.05, 4.69) is 17.6 Å². The number of amides is 2. The van der Waals surface area contributed by atoms with Crippen molar-refractivity contribution in [2.24, 2.45) is 0 Å². The predicted molar refractivity (Wildman–Crippen MR) is 78.0 cm³/mol. The number of carbonyl (C=O) groups excluding carboxylic acids is 1. The Morgan fingerprint density at radius 2 is 2.39 bits per heavy atom. The molecule has 18 heavy (non-hydrogen) atoms. The van der Waals surface area contributed by atoms with Crippen molar-refractivity contribution >= 4 is 29.2 Å². The number of anilines is 2. The second kappa shape index (κ2) is 5.52. The summed E-state index contributed by atoms with van der Waals surface area (Å²) in [4.78, 5) is 11.8. The molecule has 0 spiro atoms. The molecule has 98 valence electrons. The molecule has 1 unspecified atom stereocenters. The number of benzene rings is 1. The summed E-state index contributed by atoms with van der Waals surface area (Å²) in [5.74, 6) is 1.19. The van der Waals surface area contributed by atoms with Gasteiger partial charge in [-0.25, -0.2) is 4.79 Å². The molecule has 0 aliphatic carbocycles. The van der Waals surface area contributed by atoms with Crippen LogP contribution in [0.1, 0.15) is 19.8 Å². The molecule has 0 saturated carbocycles. The van der Waals surface area contributed by atoms with Crippen LogP contribution in [0.5, 0.6) is 0 Å². The van der Waals surface area contributed by atoms with E-state index in [1.165, 1.54) is 12.2 Å². The lowest BCUT2D eigenvalue weighted by atomic mass is 10.1. The zero-order valence-electron chi connectivity index (χ0n) is 10.5. The van der Waals surface area contributed by atoms with Crippen molar-refractivity contribution < 1.29 is 4.79 Å². The van der Waals surface area contributed by atoms with E-state index in [1.807, 2.05) is 23.9 Å². The van der Waals surface area contributed by atoms with E-state index in [0.717, 1.165) is 12.1 Å². The molecule has 4 N–H and O–H groups in total. The van der Waals surface area contributed by atoms with E-state index in [4.69, 9.17) is 5.73 Å². The third-order valence-electron chi connectivity index (χ3n) is 3.07. The standard InChI is InChI=1S/C13H19N3OS/c1-13(6-3-7-18-13)9-15-12(17)16-11-5-2-4-10(14)8-11/h2,4-5,8H,3,6-7,9,14H2,1H3,(H2,15,16,17). The first-order chi connectivity index (χ1) is 8.57. The van der Waals surface area contributed by atoms with Gasteiger partial charge in [0.25, 0.3) is 0 Å². The molecule has 0 bridgehead atoms. The fraction of sp³-hybridized carbons (Fsp3) is 0.462. The van der Waals surface area contributed by atoms with Gasteiger partial charge in [0.1, 0.15) is 0 Å². The minimum atomic E-state index is -0.172. The van der Waals surface area contributed by atoms with Crippen molar-refractivity contribution in [3.63, 3.8) is 0 Å². The molecular formula is C13H19N3OS. The Balaban J connectivity index is 1.82. The van der Waals surface area contributed by atoms with Crippen molar-refractivity contribution in [3.05, 3.63) is 24.3 Å². The van der Waals surface area contributed by atoms with Gasteiger partial charge in [0.15, 0.2) is 0 Å². The summed E-state index contributed by atoms with van der Waals surface area (Å²) in [6.07, 6.45) is 2.40. The lowest BCUT2D eigenvalue weighted by molar-refractivity contribution is 0.251. The van der Waals surface area contributed by atoms with Crippen LogP contribution in [0.25, 0.3) is 0 Å². The highest BCUT2D eigenvalue weighted by Crippen LogP contribution is 2.36. The quantitative estimate of drug-likeness (QED) is 0.736. The van der Waals surface area contributed by atoms with Crippen LogP contribution in [0.15, 0.2) is 24.3 Å². The topological polar surface area (TPSA) is 67.2 Å². The molecule has 1 fully saturated rings. The highest BCUT2D eigenvalue weighted by molar-refractivity contribution is 8.00. The summed E-state index contributed by atoms with van der Waals surface area (Å²) in [5, 5.41) is 5.71. The van der Waals surface area contributed by atoms with Gasteiger partial charge in [-0.15, -0.1) is 0 Å². The minimum absolute atomic E-state index is 0.172. The van der Waals surface area contributed by atoms with Crippen molar-refractivity contribution in [2.75, 3.05) is 23.3 Å². The normalized spacial score (nSPS) is 22.7. The van der Waals surface area contributed by atoms with Gasteiger partial charge in [0, 0.05) is 22.7 Å². The molecule has 2 amide bonds. The van der Waals surface area contributed by atoms with Gasteiger partial charge in [0.05, 0.1) is 0 Å². The number of hydrogen-bond acceptors (Lipinski definition) is 3. The maximum absolute atomic E-state index is 11.8. The first-order valence-corrected chi connectivity index (χ1v) is 7.10. The average Bonchev–Trinajstić information content (AvgIpc) is 2.74. The third kappa shape index (κ3) is 3.57. The molecule has 5 heteroatoms. The molecule has 2 rings (SSSR count). The van der Waals surface area contributed by atoms with E-state index < -0.39 is 0 Å². The summed E-state index contributed by atoms with van der Waals surface area (Å²) < 4.78 is 0.188. The number of urea groups is 1. The smallest absolute Gasteiger partial charge is 0.319 e. The van der Waals surface area contributed by atoms with Crippen LogP contribution in [0.4, 0.5) is 16.2 Å². The molecule has 1 aromatic rings. The second-order valence-corrected chi connectivity index (χ2v) is 6.52. The third-order valence-corrected chi connectivity index (χ3v) is 4.61. The number of hydrogen-bond donors (Lipinski definition) is 3. The highest BCUT2D eigenvalue weighted by Gasteiger charge is 2.29. The SMILES string of the molecule is CC1(CNC(=O)Nc2cccc(N)c2)CCCS1. The van der Waals surface area contributed by atoms with Crippen LogP contribution < -0.4 is 16.4 Å².